The Bertz CT molecular complexity index is 591. The first kappa shape index (κ1) is 14.4. The van der Waals surface area contributed by atoms with Gasteiger partial charge in [-0.15, -0.1) is 0 Å². The van der Waals surface area contributed by atoms with Crippen LogP contribution in [0.15, 0.2) is 23.1 Å². The number of piperidine rings is 1. The van der Waals surface area contributed by atoms with Crippen LogP contribution >= 0.6 is 11.6 Å². The summed E-state index contributed by atoms with van der Waals surface area (Å²) in [6.45, 7) is 0.277. The molecule has 1 heterocycles. The Labute approximate surface area is 116 Å². The SMILES string of the molecule is O=CC1CCCCN1S(=O)(=O)c1ccc(F)cc1Cl. The Hall–Kier alpha value is -0.980. The van der Waals surface area contributed by atoms with Gasteiger partial charge in [-0.25, -0.2) is 12.8 Å². The molecule has 7 heteroatoms. The zero-order valence-electron chi connectivity index (χ0n) is 10.1. The second-order valence-electron chi connectivity index (χ2n) is 4.39. The molecule has 1 atom stereocenters. The van der Waals surface area contributed by atoms with Gasteiger partial charge in [0.15, 0.2) is 0 Å². The fourth-order valence-electron chi connectivity index (χ4n) is 2.18. The maximum Gasteiger partial charge on any atom is 0.245 e. The van der Waals surface area contributed by atoms with Crippen LogP contribution in [0.2, 0.25) is 5.02 Å². The van der Waals surface area contributed by atoms with Crippen LogP contribution in [0.1, 0.15) is 19.3 Å². The third-order valence-corrected chi connectivity index (χ3v) is 5.54. The highest BCUT2D eigenvalue weighted by molar-refractivity contribution is 7.89. The average Bonchev–Trinajstić information content (AvgIpc) is 2.38. The number of rotatable bonds is 3. The molecule has 1 unspecified atom stereocenters. The van der Waals surface area contributed by atoms with E-state index in [4.69, 9.17) is 11.6 Å². The Kier molecular flexibility index (Phi) is 4.23. The van der Waals surface area contributed by atoms with Crippen molar-refractivity contribution in [3.63, 3.8) is 0 Å². The summed E-state index contributed by atoms with van der Waals surface area (Å²) in [5.74, 6) is -0.602. The third kappa shape index (κ3) is 2.80. The molecule has 0 radical (unpaired) electrons. The van der Waals surface area contributed by atoms with Gasteiger partial charge >= 0.3 is 0 Å². The molecule has 0 aliphatic carbocycles. The summed E-state index contributed by atoms with van der Waals surface area (Å²) in [4.78, 5) is 10.8. The monoisotopic (exact) mass is 305 g/mol. The zero-order valence-corrected chi connectivity index (χ0v) is 11.6. The molecule has 104 valence electrons. The van der Waals surface area contributed by atoms with Gasteiger partial charge in [0, 0.05) is 6.54 Å². The molecule has 1 saturated heterocycles. The van der Waals surface area contributed by atoms with Crippen LogP contribution in [0.3, 0.4) is 0 Å². The fraction of sp³-hybridized carbons (Fsp3) is 0.417. The summed E-state index contributed by atoms with van der Waals surface area (Å²) in [7, 11) is -3.87. The Morgan fingerprint density at radius 1 is 1.37 bits per heavy atom. The molecular weight excluding hydrogens is 293 g/mol. The van der Waals surface area contributed by atoms with E-state index in [0.717, 1.165) is 28.9 Å². The van der Waals surface area contributed by atoms with E-state index in [-0.39, 0.29) is 16.5 Å². The average molecular weight is 306 g/mol. The highest BCUT2D eigenvalue weighted by Crippen LogP contribution is 2.29. The van der Waals surface area contributed by atoms with Crippen molar-refractivity contribution in [1.29, 1.82) is 0 Å². The van der Waals surface area contributed by atoms with Crippen molar-refractivity contribution in [1.82, 2.24) is 4.31 Å². The minimum Gasteiger partial charge on any atom is -0.302 e. The number of hydrogen-bond acceptors (Lipinski definition) is 3. The molecular formula is C12H13ClFNO3S. The zero-order chi connectivity index (χ0) is 14.0. The molecule has 0 spiro atoms. The largest absolute Gasteiger partial charge is 0.302 e. The van der Waals surface area contributed by atoms with Crippen LogP contribution in [0.4, 0.5) is 4.39 Å². The smallest absolute Gasteiger partial charge is 0.245 e. The molecule has 1 fully saturated rings. The lowest BCUT2D eigenvalue weighted by Gasteiger charge is -2.31. The van der Waals surface area contributed by atoms with Crippen LogP contribution in [0.5, 0.6) is 0 Å². The summed E-state index contributed by atoms with van der Waals surface area (Å²) in [5, 5.41) is -0.171. The third-order valence-electron chi connectivity index (χ3n) is 3.14. The molecule has 1 aliphatic rings. The first-order valence-electron chi connectivity index (χ1n) is 5.89. The number of sulfonamides is 1. The number of carbonyl (C=O) groups excluding carboxylic acids is 1. The van der Waals surface area contributed by atoms with Crippen molar-refractivity contribution >= 4 is 27.9 Å². The number of hydrogen-bond donors (Lipinski definition) is 0. The standard InChI is InChI=1S/C12H13ClFNO3S/c13-11-7-9(14)4-5-12(11)19(17,18)15-6-2-1-3-10(15)8-16/h4-5,7-8,10H,1-3,6H2. The highest BCUT2D eigenvalue weighted by Gasteiger charge is 2.34. The minimum absolute atomic E-state index is 0.163. The van der Waals surface area contributed by atoms with Gasteiger partial charge < -0.3 is 4.79 Å². The molecule has 1 aromatic carbocycles. The number of aldehydes is 1. The van der Waals surface area contributed by atoms with Crippen molar-refractivity contribution in [2.45, 2.75) is 30.2 Å². The van der Waals surface area contributed by atoms with Gasteiger partial charge in [0.2, 0.25) is 10.0 Å². The Balaban J connectivity index is 2.43. The molecule has 0 N–H and O–H groups in total. The van der Waals surface area contributed by atoms with Crippen molar-refractivity contribution in [2.75, 3.05) is 6.54 Å². The molecule has 4 nitrogen and oxygen atoms in total. The van der Waals surface area contributed by atoms with E-state index >= 15 is 0 Å². The van der Waals surface area contributed by atoms with Crippen molar-refractivity contribution in [2.24, 2.45) is 0 Å². The molecule has 19 heavy (non-hydrogen) atoms. The van der Waals surface area contributed by atoms with Gasteiger partial charge in [-0.3, -0.25) is 0 Å². The van der Waals surface area contributed by atoms with Crippen molar-refractivity contribution in [3.8, 4) is 0 Å². The van der Waals surface area contributed by atoms with E-state index in [1.807, 2.05) is 0 Å². The molecule has 1 aliphatic heterocycles. The summed E-state index contributed by atoms with van der Waals surface area (Å²) >= 11 is 5.79. The summed E-state index contributed by atoms with van der Waals surface area (Å²) in [5.41, 5.74) is 0. The van der Waals surface area contributed by atoms with E-state index in [1.165, 1.54) is 0 Å². The molecule has 0 saturated carbocycles. The first-order chi connectivity index (χ1) is 8.96. The summed E-state index contributed by atoms with van der Waals surface area (Å²) < 4.78 is 39.0. The van der Waals surface area contributed by atoms with Gasteiger partial charge in [-0.1, -0.05) is 18.0 Å². The van der Waals surface area contributed by atoms with Crippen LogP contribution in [0, 0.1) is 5.82 Å². The van der Waals surface area contributed by atoms with E-state index in [0.29, 0.717) is 19.1 Å². The molecule has 1 aromatic rings. The molecule has 0 amide bonds. The molecule has 2 rings (SSSR count). The normalized spacial score (nSPS) is 21.3. The van der Waals surface area contributed by atoms with Crippen molar-refractivity contribution < 1.29 is 17.6 Å². The Morgan fingerprint density at radius 3 is 2.74 bits per heavy atom. The highest BCUT2D eigenvalue weighted by atomic mass is 35.5. The number of halogens is 2. The quantitative estimate of drug-likeness (QED) is 0.805. The van der Waals surface area contributed by atoms with E-state index in [1.54, 1.807) is 0 Å². The predicted octanol–water partition coefficient (Wildman–Crippen LogP) is 2.22. The molecule has 0 aromatic heterocycles. The minimum atomic E-state index is -3.87. The number of benzene rings is 1. The molecule has 0 bridgehead atoms. The second-order valence-corrected chi connectivity index (χ2v) is 6.66. The van der Waals surface area contributed by atoms with Gasteiger partial charge in [0.25, 0.3) is 0 Å². The lowest BCUT2D eigenvalue weighted by molar-refractivity contribution is -0.111. The van der Waals surface area contributed by atoms with Crippen LogP contribution in [0.25, 0.3) is 0 Å². The first-order valence-corrected chi connectivity index (χ1v) is 7.71. The maximum atomic E-state index is 13.0. The van der Waals surface area contributed by atoms with Crippen LogP contribution in [-0.4, -0.2) is 31.6 Å². The van der Waals surface area contributed by atoms with E-state index in [9.17, 15) is 17.6 Å². The summed E-state index contributed by atoms with van der Waals surface area (Å²) in [6, 6.07) is 2.45. The van der Waals surface area contributed by atoms with Gasteiger partial charge in [-0.05, 0) is 31.0 Å². The Morgan fingerprint density at radius 2 is 2.11 bits per heavy atom. The maximum absolute atomic E-state index is 13.0. The lowest BCUT2D eigenvalue weighted by Crippen LogP contribution is -2.44. The topological polar surface area (TPSA) is 54.5 Å². The summed E-state index contributed by atoms with van der Waals surface area (Å²) in [6.07, 6.45) is 2.64. The van der Waals surface area contributed by atoms with Crippen LogP contribution in [-0.2, 0) is 14.8 Å². The van der Waals surface area contributed by atoms with Crippen LogP contribution < -0.4 is 0 Å². The van der Waals surface area contributed by atoms with Gasteiger partial charge in [0.1, 0.15) is 17.0 Å². The number of nitrogens with zero attached hydrogens (tertiary/aromatic N) is 1. The van der Waals surface area contributed by atoms with E-state index < -0.39 is 21.9 Å². The second kappa shape index (κ2) is 5.56. The fourth-order valence-corrected chi connectivity index (χ4v) is 4.31. The van der Waals surface area contributed by atoms with Gasteiger partial charge in [0.05, 0.1) is 11.1 Å². The lowest BCUT2D eigenvalue weighted by atomic mass is 10.1. The van der Waals surface area contributed by atoms with E-state index in [2.05, 4.69) is 0 Å². The number of carbonyl (C=O) groups is 1. The van der Waals surface area contributed by atoms with Gasteiger partial charge in [-0.2, -0.15) is 4.31 Å². The van der Waals surface area contributed by atoms with Crippen molar-refractivity contribution in [3.05, 3.63) is 29.0 Å². The predicted molar refractivity (Wildman–Crippen MR) is 69.0 cm³/mol.